The molecule has 0 saturated carbocycles. The standard InChI is InChI=1S/C18H22ClN3O3/c19-10-5-11-20-12-14-21(15-13-20)18(23)9-4-2-7-16-6-1-3-8-17(16)22(24)25/h1-4,6-9H,5,10-15H2/b7-2+,9-4+. The summed E-state index contributed by atoms with van der Waals surface area (Å²) < 4.78 is 0. The van der Waals surface area contributed by atoms with E-state index in [1.807, 2.05) is 4.90 Å². The monoisotopic (exact) mass is 363 g/mol. The van der Waals surface area contributed by atoms with Crippen LogP contribution in [0.5, 0.6) is 0 Å². The number of halogens is 1. The van der Waals surface area contributed by atoms with Crippen molar-refractivity contribution in [3.8, 4) is 0 Å². The molecule has 6 nitrogen and oxygen atoms in total. The van der Waals surface area contributed by atoms with Gasteiger partial charge in [-0.05, 0) is 25.1 Å². The van der Waals surface area contributed by atoms with Gasteiger partial charge in [0.25, 0.3) is 5.69 Å². The second kappa shape index (κ2) is 9.96. The summed E-state index contributed by atoms with van der Waals surface area (Å²) in [5.74, 6) is 0.623. The Bertz CT molecular complexity index is 653. The van der Waals surface area contributed by atoms with Gasteiger partial charge in [0.05, 0.1) is 10.5 Å². The summed E-state index contributed by atoms with van der Waals surface area (Å²) in [6.45, 7) is 4.11. The highest BCUT2D eigenvalue weighted by Gasteiger charge is 2.18. The molecule has 0 aromatic heterocycles. The average molecular weight is 364 g/mol. The largest absolute Gasteiger partial charge is 0.337 e. The summed E-state index contributed by atoms with van der Waals surface area (Å²) in [7, 11) is 0. The summed E-state index contributed by atoms with van der Waals surface area (Å²) in [5, 5.41) is 10.9. The molecule has 1 amide bonds. The number of hydrogen-bond donors (Lipinski definition) is 0. The van der Waals surface area contributed by atoms with Crippen molar-refractivity contribution in [1.82, 2.24) is 9.80 Å². The maximum atomic E-state index is 12.2. The van der Waals surface area contributed by atoms with Crippen molar-refractivity contribution in [2.24, 2.45) is 0 Å². The number of para-hydroxylation sites is 1. The average Bonchev–Trinajstić information content (AvgIpc) is 2.64. The van der Waals surface area contributed by atoms with Gasteiger partial charge in [-0.3, -0.25) is 19.8 Å². The number of benzene rings is 1. The summed E-state index contributed by atoms with van der Waals surface area (Å²) in [5.41, 5.74) is 0.559. The van der Waals surface area contributed by atoms with Gasteiger partial charge in [-0.15, -0.1) is 11.6 Å². The van der Waals surface area contributed by atoms with Gasteiger partial charge >= 0.3 is 0 Å². The third-order valence-corrected chi connectivity index (χ3v) is 4.32. The molecule has 1 saturated heterocycles. The first-order valence-corrected chi connectivity index (χ1v) is 8.80. The van der Waals surface area contributed by atoms with Gasteiger partial charge in [0.2, 0.25) is 5.91 Å². The summed E-state index contributed by atoms with van der Waals surface area (Å²) in [6.07, 6.45) is 7.37. The van der Waals surface area contributed by atoms with Crippen LogP contribution in [0.4, 0.5) is 5.69 Å². The smallest absolute Gasteiger partial charge is 0.276 e. The predicted molar refractivity (Wildman–Crippen MR) is 99.6 cm³/mol. The van der Waals surface area contributed by atoms with Crippen molar-refractivity contribution in [3.05, 3.63) is 58.2 Å². The minimum atomic E-state index is -0.418. The maximum absolute atomic E-state index is 12.2. The lowest BCUT2D eigenvalue weighted by atomic mass is 10.1. The van der Waals surface area contributed by atoms with Crippen LogP contribution < -0.4 is 0 Å². The summed E-state index contributed by atoms with van der Waals surface area (Å²) >= 11 is 5.70. The molecule has 0 aliphatic carbocycles. The van der Waals surface area contributed by atoms with Crippen LogP contribution in [0.3, 0.4) is 0 Å². The number of alkyl halides is 1. The molecule has 1 aromatic rings. The number of hydrogen-bond acceptors (Lipinski definition) is 4. The Morgan fingerprint density at radius 1 is 1.20 bits per heavy atom. The zero-order valence-electron chi connectivity index (χ0n) is 14.0. The van der Waals surface area contributed by atoms with Crippen LogP contribution in [0, 0.1) is 10.1 Å². The van der Waals surface area contributed by atoms with Crippen molar-refractivity contribution >= 4 is 29.3 Å². The molecule has 1 aromatic carbocycles. The SMILES string of the molecule is O=C(/C=C/C=C/c1ccccc1[N+](=O)[O-])N1CCN(CCCCl)CC1. The van der Waals surface area contributed by atoms with E-state index in [1.165, 1.54) is 12.1 Å². The Labute approximate surface area is 152 Å². The highest BCUT2D eigenvalue weighted by Crippen LogP contribution is 2.18. The van der Waals surface area contributed by atoms with Crippen LogP contribution in [0.2, 0.25) is 0 Å². The van der Waals surface area contributed by atoms with E-state index >= 15 is 0 Å². The predicted octanol–water partition coefficient (Wildman–Crippen LogP) is 2.94. The third-order valence-electron chi connectivity index (χ3n) is 4.05. The van der Waals surface area contributed by atoms with Gasteiger partial charge in [-0.2, -0.15) is 0 Å². The maximum Gasteiger partial charge on any atom is 0.276 e. The first-order chi connectivity index (χ1) is 12.1. The second-order valence-corrected chi connectivity index (χ2v) is 6.12. The molecule has 0 spiro atoms. The zero-order valence-corrected chi connectivity index (χ0v) is 14.8. The molecule has 134 valence electrons. The lowest BCUT2D eigenvalue weighted by molar-refractivity contribution is -0.385. The molecule has 1 fully saturated rings. The van der Waals surface area contributed by atoms with E-state index in [1.54, 1.807) is 36.4 Å². The Morgan fingerprint density at radius 2 is 1.92 bits per heavy atom. The number of amides is 1. The highest BCUT2D eigenvalue weighted by atomic mass is 35.5. The van der Waals surface area contributed by atoms with E-state index in [9.17, 15) is 14.9 Å². The fraction of sp³-hybridized carbons (Fsp3) is 0.389. The van der Waals surface area contributed by atoms with Gasteiger partial charge in [0.1, 0.15) is 0 Å². The van der Waals surface area contributed by atoms with E-state index in [4.69, 9.17) is 11.6 Å². The minimum absolute atomic E-state index is 0.0378. The first kappa shape index (κ1) is 19.1. The minimum Gasteiger partial charge on any atom is -0.337 e. The van der Waals surface area contributed by atoms with Crippen LogP contribution in [-0.4, -0.2) is 59.2 Å². The second-order valence-electron chi connectivity index (χ2n) is 5.74. The Hall–Kier alpha value is -2.18. The van der Waals surface area contributed by atoms with Crippen molar-refractivity contribution in [3.63, 3.8) is 0 Å². The molecule has 1 aliphatic rings. The van der Waals surface area contributed by atoms with Crippen LogP contribution in [0.1, 0.15) is 12.0 Å². The molecule has 1 aliphatic heterocycles. The summed E-state index contributed by atoms with van der Waals surface area (Å²) in [4.78, 5) is 26.8. The number of nitro benzene ring substituents is 1. The zero-order chi connectivity index (χ0) is 18.1. The Kier molecular flexibility index (Phi) is 7.63. The topological polar surface area (TPSA) is 66.7 Å². The lowest BCUT2D eigenvalue weighted by Gasteiger charge is -2.34. The molecule has 0 N–H and O–H groups in total. The van der Waals surface area contributed by atoms with E-state index < -0.39 is 4.92 Å². The van der Waals surface area contributed by atoms with E-state index in [0.29, 0.717) is 24.5 Å². The number of piperazine rings is 1. The first-order valence-electron chi connectivity index (χ1n) is 8.27. The third kappa shape index (κ3) is 5.99. The van der Waals surface area contributed by atoms with Crippen molar-refractivity contribution in [2.45, 2.75) is 6.42 Å². The molecule has 0 bridgehead atoms. The molecule has 1 heterocycles. The van der Waals surface area contributed by atoms with Crippen LogP contribution >= 0.6 is 11.6 Å². The van der Waals surface area contributed by atoms with Gasteiger partial charge < -0.3 is 4.90 Å². The quantitative estimate of drug-likeness (QED) is 0.245. The number of carbonyl (C=O) groups is 1. The van der Waals surface area contributed by atoms with E-state index in [2.05, 4.69) is 4.90 Å². The van der Waals surface area contributed by atoms with E-state index in [0.717, 1.165) is 26.1 Å². The van der Waals surface area contributed by atoms with Crippen molar-refractivity contribution in [1.29, 1.82) is 0 Å². The number of allylic oxidation sites excluding steroid dienone is 2. The molecule has 0 unspecified atom stereocenters. The van der Waals surface area contributed by atoms with Crippen LogP contribution in [0.15, 0.2) is 42.5 Å². The van der Waals surface area contributed by atoms with Crippen LogP contribution in [-0.2, 0) is 4.79 Å². The Balaban J connectivity index is 1.84. The molecule has 25 heavy (non-hydrogen) atoms. The number of rotatable bonds is 7. The highest BCUT2D eigenvalue weighted by molar-refractivity contribution is 6.17. The normalized spacial score (nSPS) is 16.0. The van der Waals surface area contributed by atoms with Gasteiger partial charge in [0.15, 0.2) is 0 Å². The van der Waals surface area contributed by atoms with E-state index in [-0.39, 0.29) is 11.6 Å². The molecule has 2 rings (SSSR count). The van der Waals surface area contributed by atoms with Crippen LogP contribution in [0.25, 0.3) is 6.08 Å². The fourth-order valence-electron chi connectivity index (χ4n) is 2.67. The van der Waals surface area contributed by atoms with Gasteiger partial charge in [0, 0.05) is 44.2 Å². The summed E-state index contributed by atoms with van der Waals surface area (Å²) in [6, 6.07) is 6.50. The molecule has 0 radical (unpaired) electrons. The lowest BCUT2D eigenvalue weighted by Crippen LogP contribution is -2.48. The molecule has 7 heteroatoms. The number of nitrogens with zero attached hydrogens (tertiary/aromatic N) is 3. The van der Waals surface area contributed by atoms with Gasteiger partial charge in [-0.1, -0.05) is 24.3 Å². The van der Waals surface area contributed by atoms with Crippen molar-refractivity contribution in [2.75, 3.05) is 38.6 Å². The van der Waals surface area contributed by atoms with Gasteiger partial charge in [-0.25, -0.2) is 0 Å². The fourth-order valence-corrected chi connectivity index (χ4v) is 2.79. The van der Waals surface area contributed by atoms with Crippen molar-refractivity contribution < 1.29 is 9.72 Å². The number of carbonyl (C=O) groups excluding carboxylic acids is 1. The molecular formula is C18H22ClN3O3. The number of nitro groups is 1. The molecular weight excluding hydrogens is 342 g/mol. The molecule has 0 atom stereocenters. The Morgan fingerprint density at radius 3 is 2.60 bits per heavy atom.